The Kier molecular flexibility index (Phi) is 6.93. The third-order valence-corrected chi connectivity index (χ3v) is 6.84. The van der Waals surface area contributed by atoms with Crippen molar-refractivity contribution in [1.82, 2.24) is 14.9 Å². The number of benzene rings is 1. The van der Waals surface area contributed by atoms with Gasteiger partial charge in [-0.1, -0.05) is 44.2 Å². The summed E-state index contributed by atoms with van der Waals surface area (Å²) in [6, 6.07) is 11.4. The Morgan fingerprint density at radius 3 is 2.49 bits per heavy atom. The molecule has 0 bridgehead atoms. The molecule has 0 spiro atoms. The van der Waals surface area contributed by atoms with Crippen LogP contribution in [0.4, 0.5) is 11.5 Å². The summed E-state index contributed by atoms with van der Waals surface area (Å²) < 4.78 is 0. The topological polar surface area (TPSA) is 119 Å². The van der Waals surface area contributed by atoms with Gasteiger partial charge < -0.3 is 20.2 Å². The summed E-state index contributed by atoms with van der Waals surface area (Å²) in [5.41, 5.74) is 2.34. The van der Waals surface area contributed by atoms with Gasteiger partial charge in [0.05, 0.1) is 16.9 Å². The highest BCUT2D eigenvalue weighted by atomic mass is 32.1. The molecule has 2 aromatic heterocycles. The minimum atomic E-state index is -0.378. The molecule has 1 fully saturated rings. The molecule has 10 heteroatoms. The van der Waals surface area contributed by atoms with Crippen LogP contribution in [0.15, 0.2) is 47.4 Å². The number of rotatable bonds is 5. The van der Waals surface area contributed by atoms with Gasteiger partial charge in [-0.2, -0.15) is 0 Å². The first-order chi connectivity index (χ1) is 16.6. The number of thiazole rings is 1. The Bertz CT molecular complexity index is 1270. The molecule has 0 unspecified atom stereocenters. The molecule has 0 radical (unpaired) electrons. The van der Waals surface area contributed by atoms with Crippen molar-refractivity contribution in [3.05, 3.63) is 68.3 Å². The van der Waals surface area contributed by atoms with Crippen LogP contribution in [0.5, 0.6) is 5.88 Å². The van der Waals surface area contributed by atoms with Crippen LogP contribution in [0.25, 0.3) is 0 Å². The van der Waals surface area contributed by atoms with Gasteiger partial charge in [-0.25, -0.2) is 4.98 Å². The van der Waals surface area contributed by atoms with Crippen LogP contribution in [0.2, 0.25) is 0 Å². The molecule has 1 saturated heterocycles. The van der Waals surface area contributed by atoms with E-state index in [9.17, 15) is 19.5 Å². The molecule has 1 aliphatic rings. The van der Waals surface area contributed by atoms with E-state index < -0.39 is 0 Å². The number of amides is 2. The largest absolute Gasteiger partial charge is 0.494 e. The second-order valence-electron chi connectivity index (χ2n) is 9.52. The van der Waals surface area contributed by atoms with E-state index >= 15 is 0 Å². The van der Waals surface area contributed by atoms with Crippen LogP contribution in [-0.4, -0.2) is 58.0 Å². The lowest BCUT2D eigenvalue weighted by Crippen LogP contribution is -2.49. The highest BCUT2D eigenvalue weighted by molar-refractivity contribution is 7.09. The molecule has 3 heterocycles. The van der Waals surface area contributed by atoms with Crippen molar-refractivity contribution in [2.24, 2.45) is 0 Å². The van der Waals surface area contributed by atoms with E-state index in [0.29, 0.717) is 36.6 Å². The van der Waals surface area contributed by atoms with Gasteiger partial charge >= 0.3 is 4.87 Å². The van der Waals surface area contributed by atoms with Crippen molar-refractivity contribution in [3.63, 3.8) is 0 Å². The van der Waals surface area contributed by atoms with E-state index in [4.69, 9.17) is 0 Å². The molecule has 3 aromatic rings. The summed E-state index contributed by atoms with van der Waals surface area (Å²) in [5, 5.41) is 12.6. The number of piperazine rings is 1. The summed E-state index contributed by atoms with van der Waals surface area (Å²) in [5.74, 6) is 0.152. The number of aromatic hydroxyl groups is 1. The molecular formula is C25H29N5O4S. The zero-order valence-electron chi connectivity index (χ0n) is 20.0. The van der Waals surface area contributed by atoms with Gasteiger partial charge in [0.25, 0.3) is 5.91 Å². The molecular weight excluding hydrogens is 466 g/mol. The van der Waals surface area contributed by atoms with Crippen LogP contribution in [0, 0.1) is 0 Å². The molecule has 9 nitrogen and oxygen atoms in total. The zero-order chi connectivity index (χ0) is 25.2. The number of pyridine rings is 1. The minimum Gasteiger partial charge on any atom is -0.494 e. The lowest BCUT2D eigenvalue weighted by atomic mass is 9.87. The van der Waals surface area contributed by atoms with Gasteiger partial charge in [0.1, 0.15) is 5.82 Å². The Morgan fingerprint density at radius 2 is 1.89 bits per heavy atom. The maximum Gasteiger partial charge on any atom is 0.307 e. The Balaban J connectivity index is 1.32. The van der Waals surface area contributed by atoms with Crippen LogP contribution in [0.3, 0.4) is 0 Å². The molecule has 3 N–H and O–H groups in total. The van der Waals surface area contributed by atoms with Gasteiger partial charge in [-0.3, -0.25) is 19.4 Å². The Hall–Kier alpha value is -3.66. The SMILES string of the molecule is CC(C)(C)c1cccc(NC(=O)c2ccc(N3CCN(C(=O)Cc4sc(=O)[nH]c4O)CC3)nc2)c1. The van der Waals surface area contributed by atoms with E-state index in [0.717, 1.165) is 28.4 Å². The number of aromatic amines is 1. The number of anilines is 2. The van der Waals surface area contributed by atoms with Gasteiger partial charge in [0.15, 0.2) is 0 Å². The van der Waals surface area contributed by atoms with E-state index in [1.807, 2.05) is 30.3 Å². The second-order valence-corrected chi connectivity index (χ2v) is 10.6. The van der Waals surface area contributed by atoms with Gasteiger partial charge in [0, 0.05) is 38.1 Å². The number of carbonyl (C=O) groups is 2. The number of hydrogen-bond donors (Lipinski definition) is 3. The fraction of sp³-hybridized carbons (Fsp3) is 0.360. The van der Waals surface area contributed by atoms with Gasteiger partial charge in [-0.05, 0) is 35.2 Å². The summed E-state index contributed by atoms with van der Waals surface area (Å²) in [4.78, 5) is 47.1. The van der Waals surface area contributed by atoms with Crippen LogP contribution in [0.1, 0.15) is 41.6 Å². The average Bonchev–Trinajstić information content (AvgIpc) is 3.15. The molecule has 0 aliphatic carbocycles. The lowest BCUT2D eigenvalue weighted by Gasteiger charge is -2.35. The lowest BCUT2D eigenvalue weighted by molar-refractivity contribution is -0.130. The van der Waals surface area contributed by atoms with Crippen molar-refractivity contribution < 1.29 is 14.7 Å². The van der Waals surface area contributed by atoms with Crippen molar-refractivity contribution in [1.29, 1.82) is 0 Å². The highest BCUT2D eigenvalue weighted by Crippen LogP contribution is 2.25. The summed E-state index contributed by atoms with van der Waals surface area (Å²) >= 11 is 0.848. The monoisotopic (exact) mass is 495 g/mol. The van der Waals surface area contributed by atoms with E-state index in [-0.39, 0.29) is 34.4 Å². The first kappa shape index (κ1) is 24.5. The maximum atomic E-state index is 12.7. The number of H-pyrrole nitrogens is 1. The second kappa shape index (κ2) is 9.91. The fourth-order valence-corrected chi connectivity index (χ4v) is 4.60. The molecule has 4 rings (SSSR count). The number of nitrogens with zero attached hydrogens (tertiary/aromatic N) is 3. The first-order valence-electron chi connectivity index (χ1n) is 11.4. The van der Waals surface area contributed by atoms with E-state index in [1.165, 1.54) is 0 Å². The summed E-state index contributed by atoms with van der Waals surface area (Å²) in [6.07, 6.45) is 1.56. The Labute approximate surface area is 207 Å². The Morgan fingerprint density at radius 1 is 1.14 bits per heavy atom. The predicted molar refractivity (Wildman–Crippen MR) is 136 cm³/mol. The summed E-state index contributed by atoms with van der Waals surface area (Å²) in [6.45, 7) is 8.59. The first-order valence-corrected chi connectivity index (χ1v) is 12.2. The summed E-state index contributed by atoms with van der Waals surface area (Å²) in [7, 11) is 0. The van der Waals surface area contributed by atoms with Crippen LogP contribution < -0.4 is 15.1 Å². The number of carbonyl (C=O) groups excluding carboxylic acids is 2. The maximum absolute atomic E-state index is 12.7. The third-order valence-electron chi connectivity index (χ3n) is 5.97. The van der Waals surface area contributed by atoms with Crippen molar-refractivity contribution in [2.45, 2.75) is 32.6 Å². The molecule has 1 aliphatic heterocycles. The van der Waals surface area contributed by atoms with Crippen LogP contribution >= 0.6 is 11.3 Å². The molecule has 0 saturated carbocycles. The number of nitrogens with one attached hydrogen (secondary N) is 2. The number of aromatic nitrogens is 2. The standard InChI is InChI=1S/C25H29N5O4S/c1-25(2,3)17-5-4-6-18(13-17)27-22(32)16-7-8-20(26-15-16)29-9-11-30(12-10-29)21(31)14-19-23(33)28-24(34)35-19/h4-8,13,15,33H,9-12,14H2,1-3H3,(H,27,32)(H,28,34). The van der Waals surface area contributed by atoms with Crippen molar-refractivity contribution >= 4 is 34.7 Å². The van der Waals surface area contributed by atoms with Crippen LogP contribution in [-0.2, 0) is 16.6 Å². The van der Waals surface area contributed by atoms with Gasteiger partial charge in [0.2, 0.25) is 11.8 Å². The average molecular weight is 496 g/mol. The van der Waals surface area contributed by atoms with E-state index in [1.54, 1.807) is 17.2 Å². The molecule has 1 aromatic carbocycles. The fourth-order valence-electron chi connectivity index (χ4n) is 3.88. The quantitative estimate of drug-likeness (QED) is 0.501. The van der Waals surface area contributed by atoms with E-state index in [2.05, 4.69) is 41.0 Å². The minimum absolute atomic E-state index is 0.00401. The van der Waals surface area contributed by atoms with Crippen molar-refractivity contribution in [2.75, 3.05) is 36.4 Å². The van der Waals surface area contributed by atoms with Crippen molar-refractivity contribution in [3.8, 4) is 5.88 Å². The predicted octanol–water partition coefficient (Wildman–Crippen LogP) is 2.98. The molecule has 184 valence electrons. The smallest absolute Gasteiger partial charge is 0.307 e. The highest BCUT2D eigenvalue weighted by Gasteiger charge is 2.24. The third kappa shape index (κ3) is 5.89. The normalized spacial score (nSPS) is 14.1. The molecule has 2 amide bonds. The molecule has 35 heavy (non-hydrogen) atoms. The molecule has 0 atom stereocenters. The number of hydrogen-bond acceptors (Lipinski definition) is 7. The van der Waals surface area contributed by atoms with Gasteiger partial charge in [-0.15, -0.1) is 0 Å². The zero-order valence-corrected chi connectivity index (χ0v) is 20.8.